The van der Waals surface area contributed by atoms with E-state index in [1.807, 2.05) is 0 Å². The fourth-order valence-corrected chi connectivity index (χ4v) is 1.71. The first-order valence-electron chi connectivity index (χ1n) is 5.32. The summed E-state index contributed by atoms with van der Waals surface area (Å²) in [6.45, 7) is 3.33. The molecule has 0 rings (SSSR count). The van der Waals surface area contributed by atoms with E-state index in [9.17, 15) is 18.0 Å². The van der Waals surface area contributed by atoms with Crippen LogP contribution < -0.4 is 0 Å². The highest BCUT2D eigenvalue weighted by molar-refractivity contribution is 5.83. The lowest BCUT2D eigenvalue weighted by Crippen LogP contribution is -2.55. The van der Waals surface area contributed by atoms with Gasteiger partial charge in [-0.05, 0) is 18.4 Å². The van der Waals surface area contributed by atoms with Crippen molar-refractivity contribution >= 4 is 5.97 Å². The van der Waals surface area contributed by atoms with E-state index in [0.29, 0.717) is 12.8 Å². The quantitative estimate of drug-likeness (QED) is 0.740. The van der Waals surface area contributed by atoms with Crippen molar-refractivity contribution in [3.05, 3.63) is 11.6 Å². The van der Waals surface area contributed by atoms with Crippen LogP contribution in [0.15, 0.2) is 11.6 Å². The number of hydrogen-bond donors (Lipinski definition) is 1. The van der Waals surface area contributed by atoms with Crippen molar-refractivity contribution in [3.63, 3.8) is 0 Å². The SMILES string of the molecule is CCC=C(CCC)C(OC)(C(=O)O)C(F)(F)F. The van der Waals surface area contributed by atoms with Gasteiger partial charge in [0.1, 0.15) is 0 Å². The molecule has 6 heteroatoms. The number of ether oxygens (including phenoxy) is 1. The number of carboxylic acid groups (broad SMARTS) is 1. The molecule has 0 radical (unpaired) electrons. The van der Waals surface area contributed by atoms with Gasteiger partial charge in [-0.15, -0.1) is 0 Å². The molecule has 1 N–H and O–H groups in total. The Morgan fingerprint density at radius 1 is 1.35 bits per heavy atom. The third-order valence-corrected chi connectivity index (χ3v) is 2.43. The molecule has 0 heterocycles. The molecule has 3 nitrogen and oxygen atoms in total. The standard InChI is InChI=1S/C11H17F3O3/c1-4-6-8(7-5-2)10(17-3,9(15)16)11(12,13)14/h6H,4-5,7H2,1-3H3,(H,15,16). The van der Waals surface area contributed by atoms with Gasteiger partial charge < -0.3 is 9.84 Å². The van der Waals surface area contributed by atoms with Crippen LogP contribution in [0.2, 0.25) is 0 Å². The lowest BCUT2D eigenvalue weighted by molar-refractivity contribution is -0.255. The van der Waals surface area contributed by atoms with Gasteiger partial charge in [0.15, 0.2) is 0 Å². The predicted octanol–water partition coefficient (Wildman–Crippen LogP) is 3.16. The summed E-state index contributed by atoms with van der Waals surface area (Å²) in [5, 5.41) is 8.90. The second-order valence-corrected chi connectivity index (χ2v) is 3.58. The molecule has 0 aliphatic rings. The molecule has 0 aliphatic heterocycles. The topological polar surface area (TPSA) is 46.5 Å². The molecular formula is C11H17F3O3. The lowest BCUT2D eigenvalue weighted by atomic mass is 9.88. The van der Waals surface area contributed by atoms with Gasteiger partial charge in [-0.2, -0.15) is 13.2 Å². The molecule has 0 spiro atoms. The summed E-state index contributed by atoms with van der Waals surface area (Å²) in [5.41, 5.74) is -3.47. The fraction of sp³-hybridized carbons (Fsp3) is 0.727. The molecule has 0 amide bonds. The summed E-state index contributed by atoms with van der Waals surface area (Å²) in [7, 11) is 0.765. The Morgan fingerprint density at radius 3 is 2.12 bits per heavy atom. The normalized spacial score (nSPS) is 16.7. The first kappa shape index (κ1) is 16.0. The number of aliphatic carboxylic acids is 1. The Bertz CT molecular complexity index is 297. The van der Waals surface area contributed by atoms with Gasteiger partial charge >= 0.3 is 12.1 Å². The molecule has 0 saturated carbocycles. The summed E-state index contributed by atoms with van der Waals surface area (Å²) in [6, 6.07) is 0. The number of alkyl halides is 3. The number of carboxylic acids is 1. The summed E-state index contributed by atoms with van der Waals surface area (Å²) < 4.78 is 43.3. The zero-order chi connectivity index (χ0) is 13.7. The molecule has 0 saturated heterocycles. The number of hydrogen-bond acceptors (Lipinski definition) is 2. The molecule has 0 aliphatic carbocycles. The van der Waals surface area contributed by atoms with Crippen LogP contribution in [-0.2, 0) is 9.53 Å². The molecule has 1 atom stereocenters. The number of rotatable bonds is 6. The molecule has 0 bridgehead atoms. The van der Waals surface area contributed by atoms with Gasteiger partial charge in [-0.25, -0.2) is 4.79 Å². The van der Waals surface area contributed by atoms with E-state index >= 15 is 0 Å². The van der Waals surface area contributed by atoms with Crippen LogP contribution in [0.3, 0.4) is 0 Å². The van der Waals surface area contributed by atoms with Crippen molar-refractivity contribution in [2.24, 2.45) is 0 Å². The summed E-state index contributed by atoms with van der Waals surface area (Å²) >= 11 is 0. The predicted molar refractivity (Wildman–Crippen MR) is 56.7 cm³/mol. The van der Waals surface area contributed by atoms with Crippen LogP contribution in [0.4, 0.5) is 13.2 Å². The van der Waals surface area contributed by atoms with Gasteiger partial charge in [0.25, 0.3) is 5.60 Å². The molecule has 100 valence electrons. The minimum atomic E-state index is -4.98. The first-order valence-corrected chi connectivity index (χ1v) is 5.32. The van der Waals surface area contributed by atoms with Crippen LogP contribution in [0.5, 0.6) is 0 Å². The monoisotopic (exact) mass is 254 g/mol. The maximum atomic E-state index is 13.0. The van der Waals surface area contributed by atoms with Crippen molar-refractivity contribution < 1.29 is 27.8 Å². The second-order valence-electron chi connectivity index (χ2n) is 3.58. The molecule has 0 aromatic carbocycles. The van der Waals surface area contributed by atoms with Crippen molar-refractivity contribution in [2.45, 2.75) is 44.9 Å². The summed E-state index contributed by atoms with van der Waals surface area (Å²) in [4.78, 5) is 11.0. The average molecular weight is 254 g/mol. The minimum Gasteiger partial charge on any atom is -0.479 e. The Labute approximate surface area is 98.3 Å². The van der Waals surface area contributed by atoms with Crippen molar-refractivity contribution in [1.29, 1.82) is 0 Å². The van der Waals surface area contributed by atoms with Crippen LogP contribution in [0, 0.1) is 0 Å². The Morgan fingerprint density at radius 2 is 1.88 bits per heavy atom. The zero-order valence-electron chi connectivity index (χ0n) is 10.1. The van der Waals surface area contributed by atoms with Crippen LogP contribution >= 0.6 is 0 Å². The minimum absolute atomic E-state index is 0.0352. The van der Waals surface area contributed by atoms with Gasteiger partial charge in [-0.3, -0.25) is 0 Å². The van der Waals surface area contributed by atoms with Crippen molar-refractivity contribution in [3.8, 4) is 0 Å². The van der Waals surface area contributed by atoms with E-state index in [-0.39, 0.29) is 12.0 Å². The van der Waals surface area contributed by atoms with Crippen molar-refractivity contribution in [2.75, 3.05) is 7.11 Å². The van der Waals surface area contributed by atoms with Gasteiger partial charge in [-0.1, -0.05) is 26.3 Å². The van der Waals surface area contributed by atoms with Crippen LogP contribution in [0.1, 0.15) is 33.1 Å². The smallest absolute Gasteiger partial charge is 0.432 e. The van der Waals surface area contributed by atoms with Gasteiger partial charge in [0.05, 0.1) is 0 Å². The molecule has 0 aromatic heterocycles. The third kappa shape index (κ3) is 3.00. The molecule has 0 fully saturated rings. The Hall–Kier alpha value is -1.04. The maximum absolute atomic E-state index is 13.0. The van der Waals surface area contributed by atoms with E-state index < -0.39 is 17.7 Å². The Kier molecular flexibility index (Phi) is 5.68. The number of carbonyl (C=O) groups is 1. The van der Waals surface area contributed by atoms with E-state index in [2.05, 4.69) is 4.74 Å². The van der Waals surface area contributed by atoms with E-state index in [1.165, 1.54) is 6.08 Å². The van der Waals surface area contributed by atoms with Gasteiger partial charge in [0, 0.05) is 7.11 Å². The van der Waals surface area contributed by atoms with Gasteiger partial charge in [0.2, 0.25) is 0 Å². The van der Waals surface area contributed by atoms with Crippen LogP contribution in [-0.4, -0.2) is 30.0 Å². The van der Waals surface area contributed by atoms with E-state index in [1.54, 1.807) is 13.8 Å². The van der Waals surface area contributed by atoms with Crippen LogP contribution in [0.25, 0.3) is 0 Å². The highest BCUT2D eigenvalue weighted by Crippen LogP contribution is 2.41. The molecular weight excluding hydrogens is 237 g/mol. The second kappa shape index (κ2) is 6.05. The highest BCUT2D eigenvalue weighted by atomic mass is 19.4. The highest BCUT2D eigenvalue weighted by Gasteiger charge is 2.63. The maximum Gasteiger partial charge on any atom is 0.432 e. The fourth-order valence-electron chi connectivity index (χ4n) is 1.71. The Balaban J connectivity index is 5.73. The number of halogens is 3. The lowest BCUT2D eigenvalue weighted by Gasteiger charge is -2.32. The number of allylic oxidation sites excluding steroid dienone is 1. The van der Waals surface area contributed by atoms with E-state index in [4.69, 9.17) is 5.11 Å². The summed E-state index contributed by atoms with van der Waals surface area (Å²) in [5.74, 6) is -2.03. The number of methoxy groups -OCH3 is 1. The average Bonchev–Trinajstić information content (AvgIpc) is 2.17. The molecule has 17 heavy (non-hydrogen) atoms. The molecule has 0 aromatic rings. The molecule has 1 unspecified atom stereocenters. The summed E-state index contributed by atoms with van der Waals surface area (Å²) in [6.07, 6.45) is -2.93. The third-order valence-electron chi connectivity index (χ3n) is 2.43. The van der Waals surface area contributed by atoms with E-state index in [0.717, 1.165) is 7.11 Å². The first-order chi connectivity index (χ1) is 7.77. The van der Waals surface area contributed by atoms with Crippen molar-refractivity contribution in [1.82, 2.24) is 0 Å². The largest absolute Gasteiger partial charge is 0.479 e. The zero-order valence-corrected chi connectivity index (χ0v) is 10.1.